The Morgan fingerprint density at radius 1 is 1.17 bits per heavy atom. The SMILES string of the molecule is CC(C)(C)N(C(=O)O)c1cccc2ccc(N=NC(N)=O)c(O)c12. The lowest BCUT2D eigenvalue weighted by atomic mass is 10.0. The number of anilines is 1. The van der Waals surface area contributed by atoms with Crippen molar-refractivity contribution in [2.24, 2.45) is 16.0 Å². The van der Waals surface area contributed by atoms with Crippen LogP contribution in [0.5, 0.6) is 5.75 Å². The topological polar surface area (TPSA) is 129 Å². The molecule has 0 saturated carbocycles. The number of phenolic OH excluding ortho intramolecular Hbond substituents is 1. The summed E-state index contributed by atoms with van der Waals surface area (Å²) in [6.45, 7) is 5.23. The number of nitrogens with zero attached hydrogens (tertiary/aromatic N) is 3. The highest BCUT2D eigenvalue weighted by Gasteiger charge is 2.30. The zero-order chi connectivity index (χ0) is 18.1. The van der Waals surface area contributed by atoms with E-state index >= 15 is 0 Å². The Balaban J connectivity index is 2.78. The van der Waals surface area contributed by atoms with Crippen LogP contribution in [0.3, 0.4) is 0 Å². The molecule has 0 heterocycles. The van der Waals surface area contributed by atoms with Gasteiger partial charge in [-0.25, -0.2) is 9.59 Å². The maximum Gasteiger partial charge on any atom is 0.412 e. The summed E-state index contributed by atoms with van der Waals surface area (Å²) in [5, 5.41) is 27.8. The molecule has 0 fully saturated rings. The van der Waals surface area contributed by atoms with Gasteiger partial charge >= 0.3 is 12.1 Å². The number of amides is 3. The van der Waals surface area contributed by atoms with E-state index < -0.39 is 17.7 Å². The van der Waals surface area contributed by atoms with Crippen molar-refractivity contribution >= 4 is 34.3 Å². The number of phenols is 1. The number of hydrogen-bond donors (Lipinski definition) is 3. The van der Waals surface area contributed by atoms with E-state index in [0.717, 1.165) is 4.90 Å². The quantitative estimate of drug-likeness (QED) is 0.719. The number of carboxylic acid groups (broad SMARTS) is 1. The molecule has 0 unspecified atom stereocenters. The van der Waals surface area contributed by atoms with E-state index in [4.69, 9.17) is 5.73 Å². The van der Waals surface area contributed by atoms with Gasteiger partial charge in [0.1, 0.15) is 5.69 Å². The lowest BCUT2D eigenvalue weighted by Gasteiger charge is -2.34. The van der Waals surface area contributed by atoms with E-state index in [2.05, 4.69) is 10.2 Å². The highest BCUT2D eigenvalue weighted by molar-refractivity contribution is 6.06. The Morgan fingerprint density at radius 3 is 2.38 bits per heavy atom. The van der Waals surface area contributed by atoms with Crippen molar-refractivity contribution in [3.63, 3.8) is 0 Å². The van der Waals surface area contributed by atoms with Crippen molar-refractivity contribution in [2.45, 2.75) is 26.3 Å². The van der Waals surface area contributed by atoms with Crippen molar-refractivity contribution in [2.75, 3.05) is 4.90 Å². The van der Waals surface area contributed by atoms with Crippen LogP contribution in [0.4, 0.5) is 21.0 Å². The fourth-order valence-electron chi connectivity index (χ4n) is 2.45. The van der Waals surface area contributed by atoms with Gasteiger partial charge in [-0.15, -0.1) is 5.11 Å². The maximum atomic E-state index is 11.7. The third kappa shape index (κ3) is 3.27. The standard InChI is InChI=1S/C16H18N4O4/c1-16(2,3)20(15(23)24)11-6-4-5-9-7-8-10(13(21)12(9)11)18-19-14(17)22/h4-8,21H,1-3H3,(H2,17,22)(H,23,24). The summed E-state index contributed by atoms with van der Waals surface area (Å²) in [5.41, 5.74) is 4.50. The molecule has 4 N–H and O–H groups in total. The van der Waals surface area contributed by atoms with Crippen LogP contribution in [-0.4, -0.2) is 27.9 Å². The van der Waals surface area contributed by atoms with Crippen molar-refractivity contribution in [3.05, 3.63) is 30.3 Å². The van der Waals surface area contributed by atoms with Crippen molar-refractivity contribution in [3.8, 4) is 5.75 Å². The predicted octanol–water partition coefficient (Wildman–Crippen LogP) is 3.99. The van der Waals surface area contributed by atoms with E-state index in [1.165, 1.54) is 6.07 Å². The zero-order valence-electron chi connectivity index (χ0n) is 13.5. The lowest BCUT2D eigenvalue weighted by Crippen LogP contribution is -2.45. The van der Waals surface area contributed by atoms with Gasteiger partial charge in [0, 0.05) is 10.9 Å². The minimum atomic E-state index is -1.15. The van der Waals surface area contributed by atoms with Gasteiger partial charge in [-0.05, 0) is 38.3 Å². The Morgan fingerprint density at radius 2 is 1.83 bits per heavy atom. The second-order valence-corrected chi connectivity index (χ2v) is 6.14. The lowest BCUT2D eigenvalue weighted by molar-refractivity contribution is 0.195. The van der Waals surface area contributed by atoms with Crippen LogP contribution in [-0.2, 0) is 0 Å². The number of aromatic hydroxyl groups is 1. The number of carbonyl (C=O) groups excluding carboxylic acids is 1. The molecule has 0 aliphatic heterocycles. The van der Waals surface area contributed by atoms with E-state index in [9.17, 15) is 19.8 Å². The summed E-state index contributed by atoms with van der Waals surface area (Å²) >= 11 is 0. The predicted molar refractivity (Wildman–Crippen MR) is 90.0 cm³/mol. The maximum absolute atomic E-state index is 11.7. The molecule has 126 valence electrons. The number of nitrogens with two attached hydrogens (primary N) is 1. The van der Waals surface area contributed by atoms with Gasteiger partial charge in [-0.3, -0.25) is 4.90 Å². The minimum Gasteiger partial charge on any atom is -0.505 e. The fraction of sp³-hybridized carbons (Fsp3) is 0.250. The number of primary amides is 1. The number of carbonyl (C=O) groups is 2. The van der Waals surface area contributed by atoms with E-state index in [1.807, 2.05) is 0 Å². The molecular formula is C16H18N4O4. The first-order chi connectivity index (χ1) is 11.1. The minimum absolute atomic E-state index is 0.0213. The largest absolute Gasteiger partial charge is 0.505 e. The molecule has 0 spiro atoms. The molecule has 24 heavy (non-hydrogen) atoms. The summed E-state index contributed by atoms with van der Waals surface area (Å²) in [5.74, 6) is -0.274. The van der Waals surface area contributed by atoms with E-state index in [-0.39, 0.29) is 11.4 Å². The molecule has 0 atom stereocenters. The average molecular weight is 330 g/mol. The molecule has 2 rings (SSSR count). The molecule has 8 heteroatoms. The van der Waals surface area contributed by atoms with Crippen LogP contribution in [0.2, 0.25) is 0 Å². The van der Waals surface area contributed by atoms with Gasteiger partial charge in [0.15, 0.2) is 5.75 Å². The highest BCUT2D eigenvalue weighted by atomic mass is 16.4. The van der Waals surface area contributed by atoms with E-state index in [0.29, 0.717) is 16.5 Å². The number of azo groups is 1. The molecular weight excluding hydrogens is 312 g/mol. The van der Waals surface area contributed by atoms with Crippen molar-refractivity contribution < 1.29 is 19.8 Å². The third-order valence-corrected chi connectivity index (χ3v) is 3.33. The normalized spacial score (nSPS) is 11.8. The molecule has 0 bridgehead atoms. The summed E-state index contributed by atoms with van der Waals surface area (Å²) < 4.78 is 0. The number of hydrogen-bond acceptors (Lipinski definition) is 4. The van der Waals surface area contributed by atoms with Gasteiger partial charge in [0.25, 0.3) is 0 Å². The second-order valence-electron chi connectivity index (χ2n) is 6.14. The monoisotopic (exact) mass is 330 g/mol. The summed E-state index contributed by atoms with van der Waals surface area (Å²) in [6, 6.07) is 7.15. The van der Waals surface area contributed by atoms with Crippen LogP contribution in [0, 0.1) is 0 Å². The van der Waals surface area contributed by atoms with Crippen molar-refractivity contribution in [1.29, 1.82) is 0 Å². The smallest absolute Gasteiger partial charge is 0.412 e. The first kappa shape index (κ1) is 17.2. The average Bonchev–Trinajstić information content (AvgIpc) is 2.44. The summed E-state index contributed by atoms with van der Waals surface area (Å²) in [6.07, 6.45) is -1.15. The van der Waals surface area contributed by atoms with Crippen LogP contribution in [0.15, 0.2) is 40.6 Å². The molecule has 8 nitrogen and oxygen atoms in total. The van der Waals surface area contributed by atoms with Crippen LogP contribution in [0.1, 0.15) is 20.8 Å². The Hall–Kier alpha value is -3.16. The van der Waals surface area contributed by atoms with Gasteiger partial charge in [0.2, 0.25) is 0 Å². The zero-order valence-corrected chi connectivity index (χ0v) is 13.5. The van der Waals surface area contributed by atoms with Crippen LogP contribution >= 0.6 is 0 Å². The molecule has 0 aliphatic rings. The molecule has 0 saturated heterocycles. The van der Waals surface area contributed by atoms with Crippen LogP contribution < -0.4 is 10.6 Å². The van der Waals surface area contributed by atoms with E-state index in [1.54, 1.807) is 45.0 Å². The number of rotatable bonds is 2. The first-order valence-electron chi connectivity index (χ1n) is 7.12. The first-order valence-corrected chi connectivity index (χ1v) is 7.12. The number of fused-ring (bicyclic) bond motifs is 1. The second kappa shape index (κ2) is 6.15. The highest BCUT2D eigenvalue weighted by Crippen LogP contribution is 2.42. The molecule has 0 radical (unpaired) electrons. The molecule has 3 amide bonds. The molecule has 0 aliphatic carbocycles. The van der Waals surface area contributed by atoms with Gasteiger partial charge in [0.05, 0.1) is 5.69 Å². The Bertz CT molecular complexity index is 840. The Labute approximate surface area is 138 Å². The van der Waals surface area contributed by atoms with Gasteiger partial charge in [-0.1, -0.05) is 23.3 Å². The Kier molecular flexibility index (Phi) is 4.41. The number of urea groups is 1. The fourth-order valence-corrected chi connectivity index (χ4v) is 2.45. The van der Waals surface area contributed by atoms with Crippen molar-refractivity contribution in [1.82, 2.24) is 0 Å². The summed E-state index contributed by atoms with van der Waals surface area (Å²) in [7, 11) is 0. The van der Waals surface area contributed by atoms with Crippen LogP contribution in [0.25, 0.3) is 10.8 Å². The molecule has 2 aromatic rings. The molecule has 0 aromatic heterocycles. The van der Waals surface area contributed by atoms with Gasteiger partial charge in [-0.2, -0.15) is 0 Å². The summed E-state index contributed by atoms with van der Waals surface area (Å²) in [4.78, 5) is 23.6. The molecule has 2 aromatic carbocycles. The third-order valence-electron chi connectivity index (χ3n) is 3.33. The number of benzene rings is 2. The van der Waals surface area contributed by atoms with Gasteiger partial charge < -0.3 is 15.9 Å².